The molecule has 0 spiro atoms. The van der Waals surface area contributed by atoms with Crippen molar-refractivity contribution in [3.8, 4) is 10.6 Å². The average Bonchev–Trinajstić information content (AvgIpc) is 2.93. The Morgan fingerprint density at radius 3 is 2.94 bits per heavy atom. The van der Waals surface area contributed by atoms with E-state index in [2.05, 4.69) is 4.98 Å². The molecule has 18 heavy (non-hydrogen) atoms. The standard InChI is InChI=1S/C13H12FNOS2/c14-9-4-8(5-9)11(16)6-13-15-10(7-18-13)12-2-1-3-17-12/h1-3,7-9H,4-6H2. The van der Waals surface area contributed by atoms with Crippen LogP contribution in [0.1, 0.15) is 17.8 Å². The second-order valence-corrected chi connectivity index (χ2v) is 6.40. The highest BCUT2D eigenvalue weighted by molar-refractivity contribution is 7.14. The van der Waals surface area contributed by atoms with Gasteiger partial charge in [0.15, 0.2) is 0 Å². The molecular formula is C13H12FNOS2. The number of aromatic nitrogens is 1. The fourth-order valence-electron chi connectivity index (χ4n) is 2.03. The minimum Gasteiger partial charge on any atom is -0.299 e. The Bertz CT molecular complexity index is 543. The number of thiophene rings is 1. The zero-order valence-electron chi connectivity index (χ0n) is 9.64. The SMILES string of the molecule is O=C(Cc1nc(-c2cccs2)cs1)C1CC(F)C1. The number of carbonyl (C=O) groups is 1. The molecule has 5 heteroatoms. The Morgan fingerprint density at radius 2 is 2.28 bits per heavy atom. The summed E-state index contributed by atoms with van der Waals surface area (Å²) in [7, 11) is 0. The molecule has 0 unspecified atom stereocenters. The predicted octanol–water partition coefficient (Wildman–Crippen LogP) is 3.73. The summed E-state index contributed by atoms with van der Waals surface area (Å²) in [5.74, 6) is 0.0602. The maximum Gasteiger partial charge on any atom is 0.142 e. The second-order valence-electron chi connectivity index (χ2n) is 4.51. The summed E-state index contributed by atoms with van der Waals surface area (Å²) in [6, 6.07) is 4.00. The van der Waals surface area contributed by atoms with Crippen molar-refractivity contribution in [2.24, 2.45) is 5.92 Å². The van der Waals surface area contributed by atoms with Crippen molar-refractivity contribution in [2.45, 2.75) is 25.4 Å². The minimum absolute atomic E-state index is 0.0749. The first kappa shape index (κ1) is 12.0. The second kappa shape index (κ2) is 4.90. The monoisotopic (exact) mass is 281 g/mol. The number of hydrogen-bond acceptors (Lipinski definition) is 4. The van der Waals surface area contributed by atoms with Gasteiger partial charge in [-0.3, -0.25) is 4.79 Å². The summed E-state index contributed by atoms with van der Waals surface area (Å²) in [6.45, 7) is 0. The molecule has 1 fully saturated rings. The van der Waals surface area contributed by atoms with Crippen molar-refractivity contribution in [1.82, 2.24) is 4.98 Å². The van der Waals surface area contributed by atoms with Crippen LogP contribution in [0.15, 0.2) is 22.9 Å². The van der Waals surface area contributed by atoms with Gasteiger partial charge in [-0.25, -0.2) is 9.37 Å². The van der Waals surface area contributed by atoms with Crippen molar-refractivity contribution >= 4 is 28.5 Å². The van der Waals surface area contributed by atoms with Crippen molar-refractivity contribution in [1.29, 1.82) is 0 Å². The molecule has 2 nitrogen and oxygen atoms in total. The summed E-state index contributed by atoms with van der Waals surface area (Å²) in [5.41, 5.74) is 0.940. The quantitative estimate of drug-likeness (QED) is 0.854. The topological polar surface area (TPSA) is 30.0 Å². The van der Waals surface area contributed by atoms with Gasteiger partial charge in [-0.05, 0) is 24.3 Å². The number of rotatable bonds is 4. The molecule has 0 radical (unpaired) electrons. The van der Waals surface area contributed by atoms with Crippen LogP contribution in [0.2, 0.25) is 0 Å². The third-order valence-electron chi connectivity index (χ3n) is 3.19. The lowest BCUT2D eigenvalue weighted by atomic mass is 9.79. The molecule has 1 aliphatic rings. The molecule has 0 aliphatic heterocycles. The molecule has 0 atom stereocenters. The van der Waals surface area contributed by atoms with E-state index in [9.17, 15) is 9.18 Å². The highest BCUT2D eigenvalue weighted by atomic mass is 32.1. The van der Waals surface area contributed by atoms with E-state index in [1.54, 1.807) is 11.3 Å². The molecule has 3 rings (SSSR count). The molecule has 2 aromatic heterocycles. The highest BCUT2D eigenvalue weighted by Crippen LogP contribution is 2.32. The number of thiazole rings is 1. The fraction of sp³-hybridized carbons (Fsp3) is 0.385. The first-order chi connectivity index (χ1) is 8.72. The Kier molecular flexibility index (Phi) is 3.26. The van der Waals surface area contributed by atoms with E-state index in [1.807, 2.05) is 22.9 Å². The predicted molar refractivity (Wildman–Crippen MR) is 71.8 cm³/mol. The number of Topliss-reactive ketones (excluding diaryl/α,β-unsaturated/α-hetero) is 1. The van der Waals surface area contributed by atoms with E-state index < -0.39 is 6.17 Å². The summed E-state index contributed by atoms with van der Waals surface area (Å²) in [4.78, 5) is 17.4. The fourth-order valence-corrected chi connectivity index (χ4v) is 3.60. The van der Waals surface area contributed by atoms with Crippen LogP contribution in [0, 0.1) is 5.92 Å². The molecule has 2 aromatic rings. The number of nitrogens with zero attached hydrogens (tertiary/aromatic N) is 1. The lowest BCUT2D eigenvalue weighted by Gasteiger charge is -2.27. The summed E-state index contributed by atoms with van der Waals surface area (Å²) in [6.07, 6.45) is 0.397. The third-order valence-corrected chi connectivity index (χ3v) is 4.93. The van der Waals surface area contributed by atoms with Crippen molar-refractivity contribution in [3.05, 3.63) is 27.9 Å². The van der Waals surface area contributed by atoms with Crippen LogP contribution < -0.4 is 0 Å². The van der Waals surface area contributed by atoms with Gasteiger partial charge in [0.2, 0.25) is 0 Å². The van der Waals surface area contributed by atoms with Crippen LogP contribution in [0.25, 0.3) is 10.6 Å². The highest BCUT2D eigenvalue weighted by Gasteiger charge is 2.34. The van der Waals surface area contributed by atoms with E-state index in [0.29, 0.717) is 19.3 Å². The van der Waals surface area contributed by atoms with Gasteiger partial charge in [-0.2, -0.15) is 0 Å². The summed E-state index contributed by atoms with van der Waals surface area (Å²) < 4.78 is 12.7. The van der Waals surface area contributed by atoms with Gasteiger partial charge in [0.1, 0.15) is 17.0 Å². The largest absolute Gasteiger partial charge is 0.299 e. The Labute approximate surface area is 112 Å². The van der Waals surface area contributed by atoms with Crippen LogP contribution in [0.4, 0.5) is 4.39 Å². The maximum absolute atomic E-state index is 12.7. The maximum atomic E-state index is 12.7. The van der Waals surface area contributed by atoms with Crippen LogP contribution >= 0.6 is 22.7 Å². The molecule has 0 aromatic carbocycles. The molecule has 2 heterocycles. The summed E-state index contributed by atoms with van der Waals surface area (Å²) >= 11 is 3.15. The molecule has 1 aliphatic carbocycles. The number of ketones is 1. The molecule has 0 saturated heterocycles. The van der Waals surface area contributed by atoms with Gasteiger partial charge in [-0.15, -0.1) is 22.7 Å². The van der Waals surface area contributed by atoms with E-state index in [-0.39, 0.29) is 11.7 Å². The number of carbonyl (C=O) groups excluding carboxylic acids is 1. The van der Waals surface area contributed by atoms with Crippen LogP contribution in [0.3, 0.4) is 0 Å². The van der Waals surface area contributed by atoms with Gasteiger partial charge >= 0.3 is 0 Å². The molecule has 94 valence electrons. The van der Waals surface area contributed by atoms with E-state index in [4.69, 9.17) is 0 Å². The van der Waals surface area contributed by atoms with E-state index in [0.717, 1.165) is 15.6 Å². The zero-order valence-corrected chi connectivity index (χ0v) is 11.3. The van der Waals surface area contributed by atoms with Gasteiger partial charge < -0.3 is 0 Å². The van der Waals surface area contributed by atoms with Crippen LogP contribution in [-0.2, 0) is 11.2 Å². The van der Waals surface area contributed by atoms with Crippen LogP contribution in [-0.4, -0.2) is 16.9 Å². The first-order valence-corrected chi connectivity index (χ1v) is 7.63. The normalized spacial score (nSPS) is 22.7. The molecule has 1 saturated carbocycles. The van der Waals surface area contributed by atoms with Crippen LogP contribution in [0.5, 0.6) is 0 Å². The number of alkyl halides is 1. The molecule has 0 amide bonds. The van der Waals surface area contributed by atoms with Gasteiger partial charge in [0.25, 0.3) is 0 Å². The van der Waals surface area contributed by atoms with Crippen molar-refractivity contribution < 1.29 is 9.18 Å². The number of halogens is 1. The smallest absolute Gasteiger partial charge is 0.142 e. The molecule has 0 N–H and O–H groups in total. The van der Waals surface area contributed by atoms with Crippen molar-refractivity contribution in [3.63, 3.8) is 0 Å². The van der Waals surface area contributed by atoms with E-state index in [1.165, 1.54) is 11.3 Å². The Balaban J connectivity index is 1.65. The Morgan fingerprint density at radius 1 is 1.44 bits per heavy atom. The van der Waals surface area contributed by atoms with Crippen molar-refractivity contribution in [2.75, 3.05) is 0 Å². The van der Waals surface area contributed by atoms with Gasteiger partial charge in [-0.1, -0.05) is 6.07 Å². The third kappa shape index (κ3) is 2.37. The Hall–Kier alpha value is -1.07. The lowest BCUT2D eigenvalue weighted by molar-refractivity contribution is -0.126. The zero-order chi connectivity index (χ0) is 12.5. The number of hydrogen-bond donors (Lipinski definition) is 0. The molecule has 0 bridgehead atoms. The van der Waals surface area contributed by atoms with Gasteiger partial charge in [0.05, 0.1) is 17.0 Å². The average molecular weight is 281 g/mol. The summed E-state index contributed by atoms with van der Waals surface area (Å²) in [5, 5.41) is 4.83. The first-order valence-electron chi connectivity index (χ1n) is 5.87. The lowest BCUT2D eigenvalue weighted by Crippen LogP contribution is -2.32. The molecular weight excluding hydrogens is 269 g/mol. The van der Waals surface area contributed by atoms with Gasteiger partial charge in [0, 0.05) is 11.3 Å². The minimum atomic E-state index is -0.767. The van der Waals surface area contributed by atoms with E-state index >= 15 is 0 Å².